The van der Waals surface area contributed by atoms with Crippen LogP contribution in [0.2, 0.25) is 0 Å². The van der Waals surface area contributed by atoms with E-state index in [2.05, 4.69) is 31.1 Å². The Kier molecular flexibility index (Phi) is 11.3. The predicted molar refractivity (Wildman–Crippen MR) is 70.9 cm³/mol. The Morgan fingerprint density at radius 1 is 1.19 bits per heavy atom. The number of hydrogen-bond donors (Lipinski definition) is 1. The number of rotatable bonds is 11. The average Bonchev–Trinajstić information content (AvgIpc) is 2.24. The third-order valence-electron chi connectivity index (χ3n) is 2.51. The van der Waals surface area contributed by atoms with Crippen molar-refractivity contribution < 1.29 is 4.74 Å². The van der Waals surface area contributed by atoms with Crippen molar-refractivity contribution in [2.24, 2.45) is 5.92 Å². The van der Waals surface area contributed by atoms with Gasteiger partial charge in [-0.25, -0.2) is 0 Å². The van der Waals surface area contributed by atoms with E-state index >= 15 is 0 Å². The van der Waals surface area contributed by atoms with Gasteiger partial charge in [0, 0.05) is 26.3 Å². The molecule has 0 radical (unpaired) electrons. The first-order chi connectivity index (χ1) is 7.66. The zero-order valence-corrected chi connectivity index (χ0v) is 11.6. The first kappa shape index (κ1) is 15.9. The molecule has 3 heteroatoms. The van der Waals surface area contributed by atoms with Crippen molar-refractivity contribution in [3.05, 3.63) is 0 Å². The summed E-state index contributed by atoms with van der Waals surface area (Å²) in [5.41, 5.74) is 0. The highest BCUT2D eigenvalue weighted by atomic mass is 16.5. The van der Waals surface area contributed by atoms with Crippen LogP contribution in [0.1, 0.15) is 33.6 Å². The van der Waals surface area contributed by atoms with Gasteiger partial charge in [0.1, 0.15) is 0 Å². The minimum absolute atomic E-state index is 0.747. The van der Waals surface area contributed by atoms with Crippen molar-refractivity contribution >= 4 is 0 Å². The molecule has 0 aliphatic heterocycles. The maximum Gasteiger partial charge on any atom is 0.0466 e. The van der Waals surface area contributed by atoms with Crippen LogP contribution in [0.15, 0.2) is 0 Å². The maximum absolute atomic E-state index is 5.31. The second-order valence-corrected chi connectivity index (χ2v) is 4.81. The molecular weight excluding hydrogens is 200 g/mol. The molecule has 0 saturated heterocycles. The lowest BCUT2D eigenvalue weighted by Crippen LogP contribution is -2.31. The normalized spacial score (nSPS) is 11.6. The quantitative estimate of drug-likeness (QED) is 0.549. The van der Waals surface area contributed by atoms with Crippen molar-refractivity contribution in [3.8, 4) is 0 Å². The summed E-state index contributed by atoms with van der Waals surface area (Å²) in [6.07, 6.45) is 2.41. The van der Waals surface area contributed by atoms with Gasteiger partial charge >= 0.3 is 0 Å². The third kappa shape index (κ3) is 12.0. The largest absolute Gasteiger partial charge is 0.382 e. The second-order valence-electron chi connectivity index (χ2n) is 4.81. The lowest BCUT2D eigenvalue weighted by molar-refractivity contribution is 0.140. The molecule has 0 spiro atoms. The van der Waals surface area contributed by atoms with E-state index in [1.165, 1.54) is 19.4 Å². The van der Waals surface area contributed by atoms with Crippen LogP contribution in [0.4, 0.5) is 0 Å². The lowest BCUT2D eigenvalue weighted by Gasteiger charge is -2.17. The van der Waals surface area contributed by atoms with Crippen LogP contribution >= 0.6 is 0 Å². The Hall–Kier alpha value is -0.120. The molecule has 0 amide bonds. The highest BCUT2D eigenvalue weighted by molar-refractivity contribution is 4.56. The third-order valence-corrected chi connectivity index (χ3v) is 2.51. The first-order valence-electron chi connectivity index (χ1n) is 6.63. The SMILES string of the molecule is CCOCCCCN(C)CCNCC(C)C. The van der Waals surface area contributed by atoms with Gasteiger partial charge in [0.05, 0.1) is 0 Å². The van der Waals surface area contributed by atoms with E-state index in [1.807, 2.05) is 6.92 Å². The molecule has 0 aliphatic carbocycles. The highest BCUT2D eigenvalue weighted by Gasteiger charge is 1.98. The summed E-state index contributed by atoms with van der Waals surface area (Å²) in [5, 5.41) is 3.46. The van der Waals surface area contributed by atoms with Crippen LogP contribution in [0.5, 0.6) is 0 Å². The minimum atomic E-state index is 0.747. The number of hydrogen-bond acceptors (Lipinski definition) is 3. The van der Waals surface area contributed by atoms with Gasteiger partial charge in [-0.2, -0.15) is 0 Å². The van der Waals surface area contributed by atoms with E-state index < -0.39 is 0 Å². The van der Waals surface area contributed by atoms with Crippen LogP contribution < -0.4 is 5.32 Å². The fraction of sp³-hybridized carbons (Fsp3) is 1.00. The molecule has 1 N–H and O–H groups in total. The van der Waals surface area contributed by atoms with E-state index in [9.17, 15) is 0 Å². The highest BCUT2D eigenvalue weighted by Crippen LogP contribution is 1.93. The molecular formula is C13H30N2O. The monoisotopic (exact) mass is 230 g/mol. The predicted octanol–water partition coefficient (Wildman–Crippen LogP) is 1.98. The molecule has 98 valence electrons. The molecule has 0 aliphatic rings. The smallest absolute Gasteiger partial charge is 0.0466 e. The van der Waals surface area contributed by atoms with Crippen LogP contribution in [0.25, 0.3) is 0 Å². The van der Waals surface area contributed by atoms with Gasteiger partial charge in [0.2, 0.25) is 0 Å². The summed E-state index contributed by atoms with van der Waals surface area (Å²) in [7, 11) is 2.19. The molecule has 0 rings (SSSR count). The summed E-state index contributed by atoms with van der Waals surface area (Å²) in [5.74, 6) is 0.747. The fourth-order valence-corrected chi connectivity index (χ4v) is 1.50. The van der Waals surface area contributed by atoms with Crippen LogP contribution in [0.3, 0.4) is 0 Å². The Bertz CT molecular complexity index is 140. The zero-order valence-electron chi connectivity index (χ0n) is 11.6. The van der Waals surface area contributed by atoms with Gasteiger partial charge in [-0.15, -0.1) is 0 Å². The zero-order chi connectivity index (χ0) is 12.2. The van der Waals surface area contributed by atoms with Crippen molar-refractivity contribution in [1.29, 1.82) is 0 Å². The van der Waals surface area contributed by atoms with Gasteiger partial charge in [0.25, 0.3) is 0 Å². The molecule has 0 bridgehead atoms. The van der Waals surface area contributed by atoms with E-state index in [0.717, 1.165) is 38.8 Å². The number of nitrogens with one attached hydrogen (secondary N) is 1. The molecule has 0 aromatic heterocycles. The molecule has 16 heavy (non-hydrogen) atoms. The van der Waals surface area contributed by atoms with Crippen LogP contribution in [0, 0.1) is 5.92 Å². The number of ether oxygens (including phenoxy) is 1. The first-order valence-corrected chi connectivity index (χ1v) is 6.63. The number of nitrogens with zero attached hydrogens (tertiary/aromatic N) is 1. The molecule has 0 fully saturated rings. The van der Waals surface area contributed by atoms with Gasteiger partial charge in [-0.3, -0.25) is 0 Å². The topological polar surface area (TPSA) is 24.5 Å². The summed E-state index contributed by atoms with van der Waals surface area (Å²) in [6.45, 7) is 12.8. The molecule has 0 heterocycles. The Balaban J connectivity index is 3.15. The van der Waals surface area contributed by atoms with Crippen molar-refractivity contribution in [3.63, 3.8) is 0 Å². The van der Waals surface area contributed by atoms with Crippen LogP contribution in [-0.4, -0.2) is 51.3 Å². The molecule has 0 atom stereocenters. The van der Waals surface area contributed by atoms with Gasteiger partial charge in [-0.1, -0.05) is 13.8 Å². The molecule has 0 saturated carbocycles. The fourth-order valence-electron chi connectivity index (χ4n) is 1.50. The number of likely N-dealkylation sites (N-methyl/N-ethyl adjacent to an activating group) is 1. The van der Waals surface area contributed by atoms with E-state index in [4.69, 9.17) is 4.74 Å². The van der Waals surface area contributed by atoms with Gasteiger partial charge < -0.3 is 15.0 Å². The Morgan fingerprint density at radius 3 is 2.56 bits per heavy atom. The molecule has 0 aromatic rings. The molecule has 3 nitrogen and oxygen atoms in total. The standard InChI is InChI=1S/C13H30N2O/c1-5-16-11-7-6-9-15(4)10-8-14-12-13(2)3/h13-14H,5-12H2,1-4H3. The van der Waals surface area contributed by atoms with Gasteiger partial charge in [0.15, 0.2) is 0 Å². The number of unbranched alkanes of at least 4 members (excludes halogenated alkanes) is 1. The van der Waals surface area contributed by atoms with E-state index in [0.29, 0.717) is 0 Å². The summed E-state index contributed by atoms with van der Waals surface area (Å²) in [4.78, 5) is 2.39. The molecule has 0 aromatic carbocycles. The lowest BCUT2D eigenvalue weighted by atomic mass is 10.2. The summed E-state index contributed by atoms with van der Waals surface area (Å²) < 4.78 is 5.31. The van der Waals surface area contributed by atoms with E-state index in [1.54, 1.807) is 0 Å². The van der Waals surface area contributed by atoms with Crippen molar-refractivity contribution in [1.82, 2.24) is 10.2 Å². The Labute approximate surface area is 102 Å². The van der Waals surface area contributed by atoms with Gasteiger partial charge in [-0.05, 0) is 45.8 Å². The summed E-state index contributed by atoms with van der Waals surface area (Å²) >= 11 is 0. The Morgan fingerprint density at radius 2 is 1.94 bits per heavy atom. The summed E-state index contributed by atoms with van der Waals surface area (Å²) in [6, 6.07) is 0. The maximum atomic E-state index is 5.31. The van der Waals surface area contributed by atoms with E-state index in [-0.39, 0.29) is 0 Å². The average molecular weight is 230 g/mol. The van der Waals surface area contributed by atoms with Crippen LogP contribution in [-0.2, 0) is 4.74 Å². The minimum Gasteiger partial charge on any atom is -0.382 e. The van der Waals surface area contributed by atoms with Crippen molar-refractivity contribution in [2.75, 3.05) is 46.4 Å². The second kappa shape index (κ2) is 11.4. The molecule has 0 unspecified atom stereocenters. The van der Waals surface area contributed by atoms with Crippen molar-refractivity contribution in [2.45, 2.75) is 33.6 Å².